The molecule has 2 heteroatoms. The topological polar surface area (TPSA) is 29.3 Å². The molecule has 0 bridgehead atoms. The zero-order valence-corrected chi connectivity index (χ0v) is 11.8. The van der Waals surface area contributed by atoms with Gasteiger partial charge in [-0.15, -0.1) is 0 Å². The number of likely N-dealkylation sites (N-methyl/N-ethyl adjacent to an activating group) is 1. The minimum Gasteiger partial charge on any atom is -0.327 e. The van der Waals surface area contributed by atoms with E-state index >= 15 is 0 Å². The van der Waals surface area contributed by atoms with E-state index in [1.165, 1.54) is 25.7 Å². The maximum absolute atomic E-state index is 6.23. The molecule has 2 atom stereocenters. The first-order valence-corrected chi connectivity index (χ1v) is 6.89. The van der Waals surface area contributed by atoms with Crippen LogP contribution in [-0.4, -0.2) is 29.6 Å². The van der Waals surface area contributed by atoms with Gasteiger partial charge in [-0.25, -0.2) is 0 Å². The van der Waals surface area contributed by atoms with Gasteiger partial charge in [0.1, 0.15) is 0 Å². The van der Waals surface area contributed by atoms with Crippen molar-refractivity contribution in [2.24, 2.45) is 11.1 Å². The number of rotatable bonds is 4. The van der Waals surface area contributed by atoms with Crippen molar-refractivity contribution in [1.29, 1.82) is 0 Å². The largest absolute Gasteiger partial charge is 0.327 e. The summed E-state index contributed by atoms with van der Waals surface area (Å²) < 4.78 is 0. The van der Waals surface area contributed by atoms with E-state index < -0.39 is 0 Å². The summed E-state index contributed by atoms with van der Waals surface area (Å²) in [5.41, 5.74) is 6.50. The molecule has 1 saturated carbocycles. The lowest BCUT2D eigenvalue weighted by Gasteiger charge is -2.45. The van der Waals surface area contributed by atoms with Crippen molar-refractivity contribution in [2.45, 2.75) is 78.4 Å². The van der Waals surface area contributed by atoms with Crippen LogP contribution in [0.2, 0.25) is 0 Å². The van der Waals surface area contributed by atoms with Crippen molar-refractivity contribution >= 4 is 0 Å². The summed E-state index contributed by atoms with van der Waals surface area (Å²) in [6, 6.07) is 1.53. The smallest absolute Gasteiger partial charge is 0.0295 e. The van der Waals surface area contributed by atoms with Crippen LogP contribution < -0.4 is 5.73 Å². The van der Waals surface area contributed by atoms with Gasteiger partial charge in [0, 0.05) is 18.1 Å². The van der Waals surface area contributed by atoms with Crippen molar-refractivity contribution in [1.82, 2.24) is 4.90 Å². The van der Waals surface area contributed by atoms with E-state index in [0.717, 1.165) is 12.6 Å². The van der Waals surface area contributed by atoms with E-state index in [-0.39, 0.29) is 11.5 Å². The summed E-state index contributed by atoms with van der Waals surface area (Å²) in [6.07, 6.45) is 5.54. The van der Waals surface area contributed by atoms with Gasteiger partial charge in [0.05, 0.1) is 0 Å². The average Bonchev–Trinajstić information content (AvgIpc) is 2.63. The van der Waals surface area contributed by atoms with Gasteiger partial charge in [-0.2, -0.15) is 0 Å². The van der Waals surface area contributed by atoms with Crippen LogP contribution in [0.4, 0.5) is 0 Å². The first-order chi connectivity index (χ1) is 7.38. The van der Waals surface area contributed by atoms with Crippen LogP contribution in [0.3, 0.4) is 0 Å². The zero-order valence-electron chi connectivity index (χ0n) is 11.8. The standard InChI is InChI=1S/C14H30N2/c1-6-16(12-9-7-8-10-12)13(11(2)15)14(3,4)5/h11-13H,6-10,15H2,1-5H3. The number of hydrogen-bond acceptors (Lipinski definition) is 2. The van der Waals surface area contributed by atoms with Gasteiger partial charge in [0.2, 0.25) is 0 Å². The van der Waals surface area contributed by atoms with E-state index in [2.05, 4.69) is 39.5 Å². The summed E-state index contributed by atoms with van der Waals surface area (Å²) in [7, 11) is 0. The molecule has 0 saturated heterocycles. The first kappa shape index (κ1) is 14.0. The van der Waals surface area contributed by atoms with Crippen LogP contribution in [-0.2, 0) is 0 Å². The summed E-state index contributed by atoms with van der Waals surface area (Å²) in [5.74, 6) is 0. The minimum absolute atomic E-state index is 0.251. The van der Waals surface area contributed by atoms with Gasteiger partial charge in [-0.3, -0.25) is 4.90 Å². The lowest BCUT2D eigenvalue weighted by molar-refractivity contribution is 0.0503. The van der Waals surface area contributed by atoms with Crippen LogP contribution in [0.25, 0.3) is 0 Å². The maximum atomic E-state index is 6.23. The zero-order chi connectivity index (χ0) is 12.3. The molecule has 0 heterocycles. The average molecular weight is 226 g/mol. The molecule has 0 aromatic heterocycles. The van der Waals surface area contributed by atoms with Crippen LogP contribution in [0.5, 0.6) is 0 Å². The Morgan fingerprint density at radius 3 is 2.06 bits per heavy atom. The van der Waals surface area contributed by atoms with Crippen molar-refractivity contribution in [3.63, 3.8) is 0 Å². The van der Waals surface area contributed by atoms with E-state index in [1.807, 2.05) is 0 Å². The van der Waals surface area contributed by atoms with Gasteiger partial charge in [-0.1, -0.05) is 40.5 Å². The third-order valence-corrected chi connectivity index (χ3v) is 3.90. The molecular formula is C14H30N2. The molecule has 1 aliphatic carbocycles. The molecule has 1 fully saturated rings. The van der Waals surface area contributed by atoms with E-state index in [0.29, 0.717) is 6.04 Å². The third kappa shape index (κ3) is 3.21. The molecule has 0 aliphatic heterocycles. The molecule has 16 heavy (non-hydrogen) atoms. The summed E-state index contributed by atoms with van der Waals surface area (Å²) in [5, 5.41) is 0. The van der Waals surface area contributed by atoms with Crippen LogP contribution in [0.1, 0.15) is 60.3 Å². The molecule has 96 valence electrons. The molecule has 0 spiro atoms. The van der Waals surface area contributed by atoms with Gasteiger partial charge >= 0.3 is 0 Å². The molecule has 2 unspecified atom stereocenters. The minimum atomic E-state index is 0.251. The normalized spacial score (nSPS) is 22.7. The Bertz CT molecular complexity index is 199. The fourth-order valence-corrected chi connectivity index (χ4v) is 3.51. The monoisotopic (exact) mass is 226 g/mol. The molecule has 2 nitrogen and oxygen atoms in total. The molecule has 2 N–H and O–H groups in total. The van der Waals surface area contributed by atoms with Crippen molar-refractivity contribution < 1.29 is 0 Å². The highest BCUT2D eigenvalue weighted by Crippen LogP contribution is 2.32. The van der Waals surface area contributed by atoms with Crippen LogP contribution in [0.15, 0.2) is 0 Å². The predicted molar refractivity (Wildman–Crippen MR) is 71.5 cm³/mol. The Morgan fingerprint density at radius 1 is 1.25 bits per heavy atom. The summed E-state index contributed by atoms with van der Waals surface area (Å²) >= 11 is 0. The van der Waals surface area contributed by atoms with Crippen molar-refractivity contribution in [2.75, 3.05) is 6.54 Å². The fourth-order valence-electron chi connectivity index (χ4n) is 3.51. The summed E-state index contributed by atoms with van der Waals surface area (Å²) in [6.45, 7) is 12.5. The van der Waals surface area contributed by atoms with Gasteiger partial charge in [-0.05, 0) is 31.7 Å². The highest BCUT2D eigenvalue weighted by Gasteiger charge is 2.36. The lowest BCUT2D eigenvalue weighted by Crippen LogP contribution is -2.56. The quantitative estimate of drug-likeness (QED) is 0.798. The number of hydrogen-bond donors (Lipinski definition) is 1. The third-order valence-electron chi connectivity index (χ3n) is 3.90. The lowest BCUT2D eigenvalue weighted by atomic mass is 9.81. The maximum Gasteiger partial charge on any atom is 0.0295 e. The van der Waals surface area contributed by atoms with E-state index in [4.69, 9.17) is 5.73 Å². The fraction of sp³-hybridized carbons (Fsp3) is 1.00. The molecule has 1 rings (SSSR count). The predicted octanol–water partition coefficient (Wildman–Crippen LogP) is 3.01. The summed E-state index contributed by atoms with van der Waals surface area (Å²) in [4.78, 5) is 2.66. The number of nitrogens with zero attached hydrogens (tertiary/aromatic N) is 1. The molecular weight excluding hydrogens is 196 g/mol. The Balaban J connectivity index is 2.80. The molecule has 0 amide bonds. The SMILES string of the molecule is CCN(C1CCCC1)C(C(C)N)C(C)(C)C. The van der Waals surface area contributed by atoms with Gasteiger partial charge in [0.25, 0.3) is 0 Å². The van der Waals surface area contributed by atoms with Crippen molar-refractivity contribution in [3.8, 4) is 0 Å². The first-order valence-electron chi connectivity index (χ1n) is 6.89. The molecule has 1 aliphatic rings. The Labute approximate surface area is 102 Å². The molecule has 0 radical (unpaired) electrons. The highest BCUT2D eigenvalue weighted by atomic mass is 15.2. The highest BCUT2D eigenvalue weighted by molar-refractivity contribution is 4.92. The second-order valence-electron chi connectivity index (χ2n) is 6.44. The molecule has 0 aromatic carbocycles. The second-order valence-corrected chi connectivity index (χ2v) is 6.44. The van der Waals surface area contributed by atoms with E-state index in [9.17, 15) is 0 Å². The Kier molecular flexibility index (Phi) is 4.81. The molecule has 0 aromatic rings. The van der Waals surface area contributed by atoms with Crippen molar-refractivity contribution in [3.05, 3.63) is 0 Å². The number of nitrogens with two attached hydrogens (primary N) is 1. The van der Waals surface area contributed by atoms with Crippen LogP contribution in [0, 0.1) is 5.41 Å². The van der Waals surface area contributed by atoms with Gasteiger partial charge < -0.3 is 5.73 Å². The second kappa shape index (κ2) is 5.50. The van der Waals surface area contributed by atoms with Gasteiger partial charge in [0.15, 0.2) is 0 Å². The Morgan fingerprint density at radius 2 is 1.75 bits per heavy atom. The Hall–Kier alpha value is -0.0800. The van der Waals surface area contributed by atoms with Crippen LogP contribution >= 0.6 is 0 Å². The van der Waals surface area contributed by atoms with E-state index in [1.54, 1.807) is 0 Å².